The molecular formula is C9H6ClF3N4S. The molecule has 2 aromatic heterocycles. The van der Waals surface area contributed by atoms with Crippen LogP contribution in [0, 0.1) is 0 Å². The predicted octanol–water partition coefficient (Wildman–Crippen LogP) is 3.06. The van der Waals surface area contributed by atoms with E-state index in [1.54, 1.807) is 6.26 Å². The van der Waals surface area contributed by atoms with Crippen molar-refractivity contribution in [1.82, 2.24) is 19.7 Å². The SMILES string of the molecule is CSc1nc(Cl)cc(-n2ccc(C(F)(F)F)n2)n1. The van der Waals surface area contributed by atoms with Gasteiger partial charge in [-0.15, -0.1) is 0 Å². The summed E-state index contributed by atoms with van der Waals surface area (Å²) < 4.78 is 38.2. The summed E-state index contributed by atoms with van der Waals surface area (Å²) in [6.45, 7) is 0. The zero-order chi connectivity index (χ0) is 13.3. The highest BCUT2D eigenvalue weighted by molar-refractivity contribution is 7.98. The van der Waals surface area contributed by atoms with Gasteiger partial charge in [0, 0.05) is 12.3 Å². The van der Waals surface area contributed by atoms with Crippen LogP contribution in [-0.2, 0) is 6.18 Å². The quantitative estimate of drug-likeness (QED) is 0.485. The van der Waals surface area contributed by atoms with Crippen molar-refractivity contribution in [2.75, 3.05) is 6.26 Å². The Hall–Kier alpha value is -1.28. The summed E-state index contributed by atoms with van der Waals surface area (Å²) in [7, 11) is 0. The van der Waals surface area contributed by atoms with E-state index in [1.807, 2.05) is 0 Å². The minimum absolute atomic E-state index is 0.147. The second kappa shape index (κ2) is 4.77. The molecule has 0 saturated heterocycles. The van der Waals surface area contributed by atoms with Crippen molar-refractivity contribution in [3.8, 4) is 5.82 Å². The fourth-order valence-electron chi connectivity index (χ4n) is 1.20. The van der Waals surface area contributed by atoms with Gasteiger partial charge in [-0.1, -0.05) is 23.4 Å². The molecule has 0 unspecified atom stereocenters. The van der Waals surface area contributed by atoms with E-state index in [2.05, 4.69) is 15.1 Å². The standard InChI is InChI=1S/C9H6ClF3N4S/c1-18-8-14-6(10)4-7(15-8)17-3-2-5(16-17)9(11,12)13/h2-4H,1H3. The predicted molar refractivity (Wildman–Crippen MR) is 60.9 cm³/mol. The normalized spacial score (nSPS) is 11.8. The van der Waals surface area contributed by atoms with Gasteiger partial charge in [-0.25, -0.2) is 14.6 Å². The van der Waals surface area contributed by atoms with Gasteiger partial charge in [-0.2, -0.15) is 18.3 Å². The number of nitrogens with zero attached hydrogens (tertiary/aromatic N) is 4. The highest BCUT2D eigenvalue weighted by Crippen LogP contribution is 2.28. The lowest BCUT2D eigenvalue weighted by Gasteiger charge is -2.04. The Bertz CT molecular complexity index is 569. The zero-order valence-corrected chi connectivity index (χ0v) is 10.5. The van der Waals surface area contributed by atoms with Crippen LogP contribution < -0.4 is 0 Å². The van der Waals surface area contributed by atoms with E-state index in [9.17, 15) is 13.2 Å². The molecule has 0 spiro atoms. The van der Waals surface area contributed by atoms with Crippen molar-refractivity contribution >= 4 is 23.4 Å². The van der Waals surface area contributed by atoms with Gasteiger partial charge in [0.1, 0.15) is 5.15 Å². The van der Waals surface area contributed by atoms with E-state index in [4.69, 9.17) is 11.6 Å². The molecular weight excluding hydrogens is 289 g/mol. The molecule has 0 saturated carbocycles. The van der Waals surface area contributed by atoms with Gasteiger partial charge in [-0.3, -0.25) is 0 Å². The van der Waals surface area contributed by atoms with E-state index in [1.165, 1.54) is 24.0 Å². The fourth-order valence-corrected chi connectivity index (χ4v) is 1.80. The summed E-state index contributed by atoms with van der Waals surface area (Å²) >= 11 is 6.98. The molecule has 0 atom stereocenters. The summed E-state index contributed by atoms with van der Waals surface area (Å²) in [6.07, 6.45) is -1.57. The molecule has 2 aromatic rings. The van der Waals surface area contributed by atoms with E-state index < -0.39 is 11.9 Å². The molecule has 0 aromatic carbocycles. The second-order valence-corrected chi connectivity index (χ2v) is 4.34. The Morgan fingerprint density at radius 3 is 2.61 bits per heavy atom. The van der Waals surface area contributed by atoms with Crippen LogP contribution in [0.15, 0.2) is 23.5 Å². The Labute approximate surface area is 109 Å². The van der Waals surface area contributed by atoms with Crippen LogP contribution in [0.3, 0.4) is 0 Å². The first-order valence-corrected chi connectivity index (χ1v) is 6.22. The van der Waals surface area contributed by atoms with Crippen molar-refractivity contribution < 1.29 is 13.2 Å². The number of hydrogen-bond donors (Lipinski definition) is 0. The van der Waals surface area contributed by atoms with Crippen molar-refractivity contribution in [3.05, 3.63) is 29.2 Å². The van der Waals surface area contributed by atoms with Gasteiger partial charge in [0.25, 0.3) is 0 Å². The smallest absolute Gasteiger partial charge is 0.222 e. The molecule has 0 radical (unpaired) electrons. The lowest BCUT2D eigenvalue weighted by atomic mass is 10.4. The number of thioether (sulfide) groups is 1. The molecule has 0 fully saturated rings. The van der Waals surface area contributed by atoms with Gasteiger partial charge in [0.05, 0.1) is 0 Å². The third-order valence-electron chi connectivity index (χ3n) is 1.96. The molecule has 0 aliphatic rings. The van der Waals surface area contributed by atoms with Crippen molar-refractivity contribution in [2.45, 2.75) is 11.3 Å². The van der Waals surface area contributed by atoms with Crippen molar-refractivity contribution in [3.63, 3.8) is 0 Å². The van der Waals surface area contributed by atoms with Crippen LogP contribution in [0.2, 0.25) is 5.15 Å². The lowest BCUT2D eigenvalue weighted by molar-refractivity contribution is -0.141. The van der Waals surface area contributed by atoms with Crippen LogP contribution >= 0.6 is 23.4 Å². The molecule has 0 bridgehead atoms. The first-order valence-electron chi connectivity index (χ1n) is 4.62. The Morgan fingerprint density at radius 1 is 1.33 bits per heavy atom. The lowest BCUT2D eigenvalue weighted by Crippen LogP contribution is -2.08. The fraction of sp³-hybridized carbons (Fsp3) is 0.222. The highest BCUT2D eigenvalue weighted by Gasteiger charge is 2.33. The monoisotopic (exact) mass is 294 g/mol. The van der Waals surface area contributed by atoms with Crippen LogP contribution in [0.5, 0.6) is 0 Å². The Kier molecular flexibility index (Phi) is 3.49. The summed E-state index contributed by atoms with van der Waals surface area (Å²) in [5.41, 5.74) is -0.983. The Morgan fingerprint density at radius 2 is 2.06 bits per heavy atom. The molecule has 2 heterocycles. The number of hydrogen-bond acceptors (Lipinski definition) is 4. The molecule has 0 aliphatic carbocycles. The third-order valence-corrected chi connectivity index (χ3v) is 2.70. The first-order chi connectivity index (χ1) is 8.40. The van der Waals surface area contributed by atoms with Gasteiger partial charge in [-0.05, 0) is 12.3 Å². The molecule has 0 aliphatic heterocycles. The minimum Gasteiger partial charge on any atom is -0.222 e. The third kappa shape index (κ3) is 2.75. The van der Waals surface area contributed by atoms with Crippen LogP contribution in [0.1, 0.15) is 5.69 Å². The average molecular weight is 295 g/mol. The van der Waals surface area contributed by atoms with Gasteiger partial charge in [0.15, 0.2) is 16.7 Å². The Balaban J connectivity index is 2.43. The van der Waals surface area contributed by atoms with Crippen molar-refractivity contribution in [2.24, 2.45) is 0 Å². The summed E-state index contributed by atoms with van der Waals surface area (Å²) in [5, 5.41) is 3.91. The molecule has 2 rings (SSSR count). The summed E-state index contributed by atoms with van der Waals surface area (Å²) in [6, 6.07) is 2.21. The molecule has 9 heteroatoms. The summed E-state index contributed by atoms with van der Waals surface area (Å²) in [4.78, 5) is 7.91. The second-order valence-electron chi connectivity index (χ2n) is 3.18. The van der Waals surface area contributed by atoms with Crippen LogP contribution in [0.4, 0.5) is 13.2 Å². The van der Waals surface area contributed by atoms with Crippen molar-refractivity contribution in [1.29, 1.82) is 0 Å². The van der Waals surface area contributed by atoms with E-state index in [0.717, 1.165) is 10.7 Å². The minimum atomic E-state index is -4.48. The van der Waals surface area contributed by atoms with E-state index in [-0.39, 0.29) is 11.0 Å². The first kappa shape index (κ1) is 13.2. The van der Waals surface area contributed by atoms with Crippen LogP contribution in [-0.4, -0.2) is 26.0 Å². The maximum absolute atomic E-state index is 12.4. The number of rotatable bonds is 2. The zero-order valence-electron chi connectivity index (χ0n) is 8.94. The van der Waals surface area contributed by atoms with Gasteiger partial charge < -0.3 is 0 Å². The maximum Gasteiger partial charge on any atom is 0.435 e. The number of halogens is 4. The molecule has 0 amide bonds. The van der Waals surface area contributed by atoms with Gasteiger partial charge >= 0.3 is 6.18 Å². The number of aromatic nitrogens is 4. The van der Waals surface area contributed by atoms with Gasteiger partial charge in [0.2, 0.25) is 0 Å². The molecule has 0 N–H and O–H groups in total. The molecule has 18 heavy (non-hydrogen) atoms. The molecule has 4 nitrogen and oxygen atoms in total. The summed E-state index contributed by atoms with van der Waals surface area (Å²) in [5.74, 6) is 0.190. The number of alkyl halides is 3. The average Bonchev–Trinajstić information content (AvgIpc) is 2.77. The van der Waals surface area contributed by atoms with Crippen LogP contribution in [0.25, 0.3) is 5.82 Å². The molecule has 96 valence electrons. The highest BCUT2D eigenvalue weighted by atomic mass is 35.5. The van der Waals surface area contributed by atoms with E-state index >= 15 is 0 Å². The van der Waals surface area contributed by atoms with E-state index in [0.29, 0.717) is 5.16 Å². The maximum atomic E-state index is 12.4. The topological polar surface area (TPSA) is 43.6 Å². The largest absolute Gasteiger partial charge is 0.435 e.